The molecule has 0 unspecified atom stereocenters. The molecule has 0 saturated carbocycles. The third-order valence-electron chi connectivity index (χ3n) is 3.45. The zero-order chi connectivity index (χ0) is 16.5. The second kappa shape index (κ2) is 8.62. The smallest absolute Gasteiger partial charge is 0.319 e. The van der Waals surface area contributed by atoms with Crippen LogP contribution in [0, 0.1) is 12.3 Å². The van der Waals surface area contributed by atoms with Gasteiger partial charge in [-0.05, 0) is 36.6 Å². The summed E-state index contributed by atoms with van der Waals surface area (Å²) in [6.07, 6.45) is 6.64. The molecule has 2 amide bonds. The Balaban J connectivity index is 2.03. The second-order valence-corrected chi connectivity index (χ2v) is 5.15. The Morgan fingerprint density at radius 3 is 2.65 bits per heavy atom. The third kappa shape index (κ3) is 5.17. The molecule has 1 atom stereocenters. The van der Waals surface area contributed by atoms with Gasteiger partial charge in [-0.25, -0.2) is 4.79 Å². The quantitative estimate of drug-likeness (QED) is 0.717. The Kier molecular flexibility index (Phi) is 6.22. The highest BCUT2D eigenvalue weighted by molar-refractivity contribution is 5.89. The lowest BCUT2D eigenvalue weighted by molar-refractivity contribution is 0.244. The maximum absolute atomic E-state index is 12.2. The van der Waals surface area contributed by atoms with Gasteiger partial charge in [0.2, 0.25) is 0 Å². The molecule has 0 bridgehead atoms. The van der Waals surface area contributed by atoms with Crippen molar-refractivity contribution in [3.05, 3.63) is 65.7 Å². The number of terminal acetylenes is 1. The lowest BCUT2D eigenvalue weighted by Gasteiger charge is -2.19. The Bertz CT molecular complexity index is 677. The molecule has 4 heteroatoms. The van der Waals surface area contributed by atoms with Gasteiger partial charge < -0.3 is 15.7 Å². The summed E-state index contributed by atoms with van der Waals surface area (Å²) in [7, 11) is 0. The molecule has 0 fully saturated rings. The molecule has 0 aromatic heterocycles. The van der Waals surface area contributed by atoms with Crippen LogP contribution in [0.5, 0.6) is 0 Å². The number of nitrogens with one attached hydrogen (secondary N) is 2. The number of rotatable bonds is 6. The molecular formula is C19H20N2O2. The normalized spacial score (nSPS) is 11.3. The van der Waals surface area contributed by atoms with Crippen molar-refractivity contribution < 1.29 is 9.90 Å². The second-order valence-electron chi connectivity index (χ2n) is 5.15. The summed E-state index contributed by atoms with van der Waals surface area (Å²) in [5.41, 5.74) is 2.36. The topological polar surface area (TPSA) is 61.4 Å². The lowest BCUT2D eigenvalue weighted by atomic mass is 10.0. The number of amides is 2. The van der Waals surface area contributed by atoms with Gasteiger partial charge in [-0.1, -0.05) is 42.3 Å². The van der Waals surface area contributed by atoms with E-state index in [1.165, 1.54) is 0 Å². The molecule has 0 saturated heterocycles. The highest BCUT2D eigenvalue weighted by Crippen LogP contribution is 2.18. The minimum atomic E-state index is -0.300. The Morgan fingerprint density at radius 1 is 1.17 bits per heavy atom. The van der Waals surface area contributed by atoms with Crippen LogP contribution in [0.1, 0.15) is 30.0 Å². The maximum Gasteiger partial charge on any atom is 0.319 e. The molecule has 3 N–H and O–H groups in total. The van der Waals surface area contributed by atoms with E-state index in [0.717, 1.165) is 5.56 Å². The molecule has 0 heterocycles. The Hall–Kier alpha value is -2.77. The van der Waals surface area contributed by atoms with Crippen LogP contribution in [0.15, 0.2) is 54.6 Å². The highest BCUT2D eigenvalue weighted by Gasteiger charge is 2.14. The predicted octanol–water partition coefficient (Wildman–Crippen LogP) is 3.30. The van der Waals surface area contributed by atoms with Crippen molar-refractivity contribution in [2.75, 3.05) is 11.9 Å². The number of carbonyl (C=O) groups is 1. The average Bonchev–Trinajstić information content (AvgIpc) is 2.59. The van der Waals surface area contributed by atoms with E-state index in [-0.39, 0.29) is 18.7 Å². The fourth-order valence-corrected chi connectivity index (χ4v) is 2.32. The van der Waals surface area contributed by atoms with Gasteiger partial charge in [-0.2, -0.15) is 0 Å². The van der Waals surface area contributed by atoms with Crippen LogP contribution in [0.2, 0.25) is 0 Å². The van der Waals surface area contributed by atoms with Gasteiger partial charge in [0, 0.05) is 17.9 Å². The molecule has 0 radical (unpaired) electrons. The molecule has 0 aliphatic rings. The zero-order valence-corrected chi connectivity index (χ0v) is 12.8. The SMILES string of the molecule is C#Cc1cccc(NC(=O)N[C@@H](CCCO)c2ccccc2)c1. The number of urea groups is 1. The molecule has 0 spiro atoms. The summed E-state index contributed by atoms with van der Waals surface area (Å²) in [6.45, 7) is 0.0941. The predicted molar refractivity (Wildman–Crippen MR) is 92.0 cm³/mol. The van der Waals surface area contributed by atoms with E-state index in [1.807, 2.05) is 30.3 Å². The van der Waals surface area contributed by atoms with Crippen molar-refractivity contribution in [2.24, 2.45) is 0 Å². The van der Waals surface area contributed by atoms with Crippen molar-refractivity contribution in [1.29, 1.82) is 0 Å². The molecular weight excluding hydrogens is 288 g/mol. The van der Waals surface area contributed by atoms with Crippen LogP contribution in [0.25, 0.3) is 0 Å². The van der Waals surface area contributed by atoms with Crippen molar-refractivity contribution in [1.82, 2.24) is 5.32 Å². The largest absolute Gasteiger partial charge is 0.396 e. The minimum Gasteiger partial charge on any atom is -0.396 e. The summed E-state index contributed by atoms with van der Waals surface area (Å²) in [5.74, 6) is 2.54. The molecule has 2 rings (SSSR count). The van der Waals surface area contributed by atoms with E-state index < -0.39 is 0 Å². The van der Waals surface area contributed by atoms with Crippen LogP contribution >= 0.6 is 0 Å². The number of hydrogen-bond donors (Lipinski definition) is 3. The molecule has 118 valence electrons. The standard InChI is InChI=1S/C19H20N2O2/c1-2-15-8-6-11-17(14-15)20-19(23)21-18(12-7-13-22)16-9-4-3-5-10-16/h1,3-6,8-11,14,18,22H,7,12-13H2,(H2,20,21,23)/t18-/m0/s1. The maximum atomic E-state index is 12.2. The molecule has 0 aliphatic carbocycles. The first-order chi connectivity index (χ1) is 11.2. The van der Waals surface area contributed by atoms with Crippen molar-refractivity contribution in [2.45, 2.75) is 18.9 Å². The summed E-state index contributed by atoms with van der Waals surface area (Å²) in [5, 5.41) is 14.8. The van der Waals surface area contributed by atoms with Crippen LogP contribution in [-0.4, -0.2) is 17.7 Å². The fourth-order valence-electron chi connectivity index (χ4n) is 2.32. The van der Waals surface area contributed by atoms with Crippen LogP contribution in [0.4, 0.5) is 10.5 Å². The first-order valence-electron chi connectivity index (χ1n) is 7.53. The van der Waals surface area contributed by atoms with Crippen LogP contribution in [0.3, 0.4) is 0 Å². The first-order valence-corrected chi connectivity index (χ1v) is 7.53. The van der Waals surface area contributed by atoms with Gasteiger partial charge in [0.1, 0.15) is 0 Å². The molecule has 2 aromatic carbocycles. The number of hydrogen-bond acceptors (Lipinski definition) is 2. The number of anilines is 1. The van der Waals surface area contributed by atoms with E-state index in [0.29, 0.717) is 24.1 Å². The van der Waals surface area contributed by atoms with E-state index in [9.17, 15) is 4.79 Å². The monoisotopic (exact) mass is 308 g/mol. The molecule has 4 nitrogen and oxygen atoms in total. The van der Waals surface area contributed by atoms with E-state index >= 15 is 0 Å². The average molecular weight is 308 g/mol. The van der Waals surface area contributed by atoms with Gasteiger partial charge in [-0.15, -0.1) is 6.42 Å². The number of carbonyl (C=O) groups excluding carboxylic acids is 1. The summed E-state index contributed by atoms with van der Waals surface area (Å²) in [6, 6.07) is 16.4. The fraction of sp³-hybridized carbons (Fsp3) is 0.211. The highest BCUT2D eigenvalue weighted by atomic mass is 16.3. The van der Waals surface area contributed by atoms with E-state index in [1.54, 1.807) is 24.3 Å². The number of aliphatic hydroxyl groups is 1. The van der Waals surface area contributed by atoms with E-state index in [2.05, 4.69) is 16.6 Å². The van der Waals surface area contributed by atoms with Crippen molar-refractivity contribution in [3.63, 3.8) is 0 Å². The van der Waals surface area contributed by atoms with Gasteiger partial charge in [0.05, 0.1) is 6.04 Å². The van der Waals surface area contributed by atoms with Crippen LogP contribution < -0.4 is 10.6 Å². The van der Waals surface area contributed by atoms with Crippen LogP contribution in [-0.2, 0) is 0 Å². The van der Waals surface area contributed by atoms with Gasteiger partial charge in [0.15, 0.2) is 0 Å². The van der Waals surface area contributed by atoms with E-state index in [4.69, 9.17) is 11.5 Å². The molecule has 2 aromatic rings. The molecule has 23 heavy (non-hydrogen) atoms. The minimum absolute atomic E-state index is 0.0941. The first kappa shape index (κ1) is 16.6. The Morgan fingerprint density at radius 2 is 1.96 bits per heavy atom. The van der Waals surface area contributed by atoms with Gasteiger partial charge >= 0.3 is 6.03 Å². The summed E-state index contributed by atoms with van der Waals surface area (Å²) in [4.78, 5) is 12.2. The summed E-state index contributed by atoms with van der Waals surface area (Å²) < 4.78 is 0. The number of benzene rings is 2. The molecule has 0 aliphatic heterocycles. The van der Waals surface area contributed by atoms with Gasteiger partial charge in [0.25, 0.3) is 0 Å². The van der Waals surface area contributed by atoms with Gasteiger partial charge in [-0.3, -0.25) is 0 Å². The lowest BCUT2D eigenvalue weighted by Crippen LogP contribution is -2.32. The summed E-state index contributed by atoms with van der Waals surface area (Å²) >= 11 is 0. The Labute approximate surface area is 136 Å². The third-order valence-corrected chi connectivity index (χ3v) is 3.45. The van der Waals surface area contributed by atoms with Crippen molar-refractivity contribution in [3.8, 4) is 12.3 Å². The number of aliphatic hydroxyl groups excluding tert-OH is 1. The van der Waals surface area contributed by atoms with Crippen molar-refractivity contribution >= 4 is 11.7 Å². The zero-order valence-electron chi connectivity index (χ0n) is 12.8.